The molecular weight excluding hydrogens is 454 g/mol. The Hall–Kier alpha value is -3.71. The number of aromatic hydroxyl groups is 1. The highest BCUT2D eigenvalue weighted by Gasteiger charge is 2.42. The summed E-state index contributed by atoms with van der Waals surface area (Å²) < 4.78 is 11.3. The minimum Gasteiger partial charge on any atom is -0.507 e. The summed E-state index contributed by atoms with van der Waals surface area (Å²) in [6.45, 7) is 3.07. The van der Waals surface area contributed by atoms with Crippen molar-refractivity contribution in [3.63, 3.8) is 0 Å². The Morgan fingerprint density at radius 1 is 1.21 bits per heavy atom. The van der Waals surface area contributed by atoms with Gasteiger partial charge in [-0.3, -0.25) is 9.89 Å². The Morgan fingerprint density at radius 3 is 2.76 bits per heavy atom. The highest BCUT2D eigenvalue weighted by Crippen LogP contribution is 2.45. The van der Waals surface area contributed by atoms with Crippen LogP contribution in [-0.2, 0) is 6.54 Å². The molecule has 1 aliphatic heterocycles. The number of nitrogens with zero attached hydrogens (tertiary/aromatic N) is 2. The number of nitrogens with one attached hydrogen (secondary N) is 1. The molecule has 0 fully saturated rings. The fourth-order valence-electron chi connectivity index (χ4n) is 4.26. The Labute approximate surface area is 201 Å². The van der Waals surface area contributed by atoms with Gasteiger partial charge in [0.05, 0.1) is 25.5 Å². The molecule has 0 radical (unpaired) electrons. The van der Waals surface area contributed by atoms with Crippen molar-refractivity contribution >= 4 is 17.5 Å². The molecule has 1 unspecified atom stereocenters. The number of unbranched alkanes of at least 4 members (excludes halogenated alkanes) is 1. The van der Waals surface area contributed by atoms with Gasteiger partial charge in [-0.1, -0.05) is 37.1 Å². The van der Waals surface area contributed by atoms with Crippen LogP contribution in [0.1, 0.15) is 53.2 Å². The van der Waals surface area contributed by atoms with Crippen molar-refractivity contribution in [1.29, 1.82) is 0 Å². The molecule has 1 amide bonds. The molecule has 0 bridgehead atoms. The van der Waals surface area contributed by atoms with E-state index in [0.29, 0.717) is 39.9 Å². The number of carbonyl (C=O) groups is 1. The van der Waals surface area contributed by atoms with Gasteiger partial charge in [-0.05, 0) is 54.4 Å². The Bertz CT molecular complexity index is 1300. The average Bonchev–Trinajstić information content (AvgIpc) is 3.56. The molecule has 0 aliphatic carbocycles. The summed E-state index contributed by atoms with van der Waals surface area (Å²) >= 11 is 6.21. The van der Waals surface area contributed by atoms with Crippen molar-refractivity contribution < 1.29 is 19.1 Å². The fraction of sp³-hybridized carbons (Fsp3) is 0.231. The first-order chi connectivity index (χ1) is 16.6. The number of ether oxygens (including phenoxy) is 1. The zero-order valence-corrected chi connectivity index (χ0v) is 19.4. The summed E-state index contributed by atoms with van der Waals surface area (Å²) in [5.41, 5.74) is 2.91. The van der Waals surface area contributed by atoms with Gasteiger partial charge in [-0.15, -0.1) is 0 Å². The number of hydrogen-bond acceptors (Lipinski definition) is 5. The summed E-state index contributed by atoms with van der Waals surface area (Å²) in [6.07, 6.45) is 3.64. The molecule has 1 aliphatic rings. The number of phenolic OH excluding ortho intramolecular Hbond substituents is 1. The molecule has 4 aromatic rings. The number of aromatic nitrogens is 2. The lowest BCUT2D eigenvalue weighted by molar-refractivity contribution is 0.0717. The van der Waals surface area contributed by atoms with Gasteiger partial charge in [0, 0.05) is 16.1 Å². The number of halogens is 1. The zero-order chi connectivity index (χ0) is 23.7. The summed E-state index contributed by atoms with van der Waals surface area (Å²) in [5, 5.41) is 18.3. The first-order valence-corrected chi connectivity index (χ1v) is 11.6. The molecule has 7 nitrogen and oxygen atoms in total. The van der Waals surface area contributed by atoms with Crippen molar-refractivity contribution in [2.45, 2.75) is 32.4 Å². The van der Waals surface area contributed by atoms with Crippen LogP contribution < -0.4 is 4.74 Å². The van der Waals surface area contributed by atoms with Gasteiger partial charge in [0.1, 0.15) is 28.6 Å². The SMILES string of the molecule is CCCCOc1ccc(C2c3c(-c4cc(Cl)ccc4O)n[nH]c3C(=O)N2Cc2ccco2)cc1. The van der Waals surface area contributed by atoms with Gasteiger partial charge >= 0.3 is 0 Å². The van der Waals surface area contributed by atoms with Gasteiger partial charge in [0.2, 0.25) is 0 Å². The molecule has 1 atom stereocenters. The van der Waals surface area contributed by atoms with Gasteiger partial charge in [-0.25, -0.2) is 0 Å². The van der Waals surface area contributed by atoms with Gasteiger partial charge in [0.25, 0.3) is 5.91 Å². The number of rotatable bonds is 8. The standard InChI is InChI=1S/C26H24ClN3O4/c1-2-3-12-33-18-9-6-16(7-10-18)25-22-23(20-14-17(27)8-11-21(20)31)28-29-24(22)26(32)30(25)15-19-5-4-13-34-19/h4-11,13-14,25,31H,2-3,12,15H2,1H3,(H,28,29). The minimum absolute atomic E-state index is 0.0362. The third-order valence-electron chi connectivity index (χ3n) is 5.95. The highest BCUT2D eigenvalue weighted by atomic mass is 35.5. The van der Waals surface area contributed by atoms with Crippen molar-refractivity contribution in [3.05, 3.63) is 88.5 Å². The number of aromatic amines is 1. The van der Waals surface area contributed by atoms with Crippen LogP contribution in [0.3, 0.4) is 0 Å². The molecular formula is C26H24ClN3O4. The molecule has 3 heterocycles. The van der Waals surface area contributed by atoms with E-state index < -0.39 is 6.04 Å². The molecule has 34 heavy (non-hydrogen) atoms. The average molecular weight is 478 g/mol. The van der Waals surface area contributed by atoms with Crippen LogP contribution in [0.5, 0.6) is 11.5 Å². The number of H-pyrrole nitrogens is 1. The van der Waals surface area contributed by atoms with Crippen LogP contribution in [0.2, 0.25) is 5.02 Å². The van der Waals surface area contributed by atoms with Gasteiger partial charge < -0.3 is 19.2 Å². The molecule has 2 aromatic carbocycles. The van der Waals surface area contributed by atoms with Crippen LogP contribution >= 0.6 is 11.6 Å². The number of furan rings is 1. The second kappa shape index (κ2) is 9.27. The van der Waals surface area contributed by atoms with Crippen molar-refractivity contribution in [3.8, 4) is 22.8 Å². The number of benzene rings is 2. The summed E-state index contributed by atoms with van der Waals surface area (Å²) in [6, 6.07) is 15.7. The van der Waals surface area contributed by atoms with Crippen molar-refractivity contribution in [2.24, 2.45) is 0 Å². The Balaban J connectivity index is 1.58. The van der Waals surface area contributed by atoms with E-state index in [-0.39, 0.29) is 18.2 Å². The highest BCUT2D eigenvalue weighted by molar-refractivity contribution is 6.31. The number of phenols is 1. The molecule has 2 aromatic heterocycles. The van der Waals surface area contributed by atoms with E-state index in [0.717, 1.165) is 24.2 Å². The smallest absolute Gasteiger partial charge is 0.273 e. The number of carbonyl (C=O) groups excluding carboxylic acids is 1. The third-order valence-corrected chi connectivity index (χ3v) is 6.18. The molecule has 0 saturated carbocycles. The van der Waals surface area contributed by atoms with E-state index in [1.165, 1.54) is 6.07 Å². The molecule has 5 rings (SSSR count). The maximum Gasteiger partial charge on any atom is 0.273 e. The first kappa shape index (κ1) is 22.1. The predicted octanol–water partition coefficient (Wildman–Crippen LogP) is 5.95. The maximum atomic E-state index is 13.4. The number of fused-ring (bicyclic) bond motifs is 1. The lowest BCUT2D eigenvalue weighted by Crippen LogP contribution is -2.28. The second-order valence-corrected chi connectivity index (χ2v) is 8.64. The predicted molar refractivity (Wildman–Crippen MR) is 128 cm³/mol. The number of hydrogen-bond donors (Lipinski definition) is 2. The molecule has 0 spiro atoms. The maximum absolute atomic E-state index is 13.4. The monoisotopic (exact) mass is 477 g/mol. The van der Waals surface area contributed by atoms with Crippen LogP contribution in [0, 0.1) is 0 Å². The lowest BCUT2D eigenvalue weighted by atomic mass is 9.95. The third kappa shape index (κ3) is 4.03. The second-order valence-electron chi connectivity index (χ2n) is 8.21. The Morgan fingerprint density at radius 2 is 2.03 bits per heavy atom. The number of amides is 1. The van der Waals surface area contributed by atoms with E-state index in [2.05, 4.69) is 17.1 Å². The normalized spacial score (nSPS) is 15.1. The summed E-state index contributed by atoms with van der Waals surface area (Å²) in [5.74, 6) is 1.29. The van der Waals surface area contributed by atoms with E-state index in [1.54, 1.807) is 29.4 Å². The van der Waals surface area contributed by atoms with E-state index in [1.807, 2.05) is 30.3 Å². The first-order valence-electron chi connectivity index (χ1n) is 11.2. The van der Waals surface area contributed by atoms with Crippen LogP contribution in [0.25, 0.3) is 11.3 Å². The zero-order valence-electron chi connectivity index (χ0n) is 18.6. The van der Waals surface area contributed by atoms with Crippen molar-refractivity contribution in [2.75, 3.05) is 6.61 Å². The van der Waals surface area contributed by atoms with Crippen LogP contribution in [0.15, 0.2) is 65.3 Å². The molecule has 8 heteroatoms. The quantitative estimate of drug-likeness (QED) is 0.306. The van der Waals surface area contributed by atoms with Crippen LogP contribution in [0.4, 0.5) is 0 Å². The van der Waals surface area contributed by atoms with Gasteiger partial charge in [-0.2, -0.15) is 5.10 Å². The molecule has 2 N–H and O–H groups in total. The fourth-order valence-corrected chi connectivity index (χ4v) is 4.43. The molecule has 174 valence electrons. The Kier molecular flexibility index (Phi) is 6.02. The van der Waals surface area contributed by atoms with E-state index in [4.69, 9.17) is 20.8 Å². The van der Waals surface area contributed by atoms with E-state index in [9.17, 15) is 9.90 Å². The lowest BCUT2D eigenvalue weighted by Gasteiger charge is -2.26. The van der Waals surface area contributed by atoms with Crippen molar-refractivity contribution in [1.82, 2.24) is 15.1 Å². The van der Waals surface area contributed by atoms with Crippen LogP contribution in [-0.4, -0.2) is 32.7 Å². The molecule has 0 saturated heterocycles. The largest absolute Gasteiger partial charge is 0.507 e. The minimum atomic E-state index is -0.440. The summed E-state index contributed by atoms with van der Waals surface area (Å²) in [7, 11) is 0. The topological polar surface area (TPSA) is 91.6 Å². The summed E-state index contributed by atoms with van der Waals surface area (Å²) in [4.78, 5) is 15.2. The van der Waals surface area contributed by atoms with Gasteiger partial charge in [0.15, 0.2) is 0 Å². The van der Waals surface area contributed by atoms with E-state index >= 15 is 0 Å².